The van der Waals surface area contributed by atoms with Crippen LogP contribution >= 0.6 is 0 Å². The van der Waals surface area contributed by atoms with E-state index in [1.54, 1.807) is 6.08 Å². The summed E-state index contributed by atoms with van der Waals surface area (Å²) in [6.45, 7) is 16.7. The molecule has 0 aliphatic rings. The average molecular weight is 210 g/mol. The highest BCUT2D eigenvalue weighted by Gasteiger charge is 2.39. The molecule has 1 nitrogen and oxygen atoms in total. The molecule has 0 aliphatic heterocycles. The zero-order chi connectivity index (χ0) is 11.4. The number of allylic oxidation sites excluding steroid dienone is 1. The van der Waals surface area contributed by atoms with E-state index in [1.165, 1.54) is 0 Å². The van der Waals surface area contributed by atoms with Gasteiger partial charge in [-0.3, -0.25) is 0 Å². The summed E-state index contributed by atoms with van der Waals surface area (Å²) >= 11 is 0. The van der Waals surface area contributed by atoms with E-state index in [0.29, 0.717) is 0 Å². The molecule has 0 saturated carbocycles. The molecule has 0 amide bonds. The average Bonchev–Trinajstić information content (AvgIpc) is 2.01. The molecule has 0 fully saturated rings. The lowest BCUT2D eigenvalue weighted by Crippen LogP contribution is -2.40. The van der Waals surface area contributed by atoms with Gasteiger partial charge in [0.2, 0.25) is 0 Å². The molecule has 0 N–H and O–H groups in total. The first-order chi connectivity index (χ1) is 6.24. The summed E-state index contributed by atoms with van der Waals surface area (Å²) in [5.41, 5.74) is 3.05. The van der Waals surface area contributed by atoms with Crippen LogP contribution in [0.25, 0.3) is 0 Å². The van der Waals surface area contributed by atoms with Crippen molar-refractivity contribution in [1.82, 2.24) is 0 Å². The summed E-state index contributed by atoms with van der Waals surface area (Å²) in [6, 6.07) is 0. The van der Waals surface area contributed by atoms with Gasteiger partial charge in [-0.2, -0.15) is 0 Å². The minimum Gasteiger partial charge on any atom is -0.538 e. The second kappa shape index (κ2) is 4.67. The fourth-order valence-electron chi connectivity index (χ4n) is 0.700. The molecule has 0 bridgehead atoms. The smallest absolute Gasteiger partial charge is 0.251 e. The van der Waals surface area contributed by atoms with Crippen LogP contribution in [0.2, 0.25) is 18.1 Å². The van der Waals surface area contributed by atoms with Crippen LogP contribution in [-0.4, -0.2) is 8.32 Å². The Balaban J connectivity index is 4.83. The summed E-state index contributed by atoms with van der Waals surface area (Å²) in [6.07, 6.45) is 3.57. The van der Waals surface area contributed by atoms with Crippen LogP contribution in [0.5, 0.6) is 0 Å². The van der Waals surface area contributed by atoms with E-state index in [0.717, 1.165) is 5.76 Å². The largest absolute Gasteiger partial charge is 0.538 e. The summed E-state index contributed by atoms with van der Waals surface area (Å²) < 4.78 is 5.99. The summed E-state index contributed by atoms with van der Waals surface area (Å²) in [4.78, 5) is 0. The molecule has 0 atom stereocenters. The maximum Gasteiger partial charge on any atom is 0.251 e. The number of hydrogen-bond acceptors (Lipinski definition) is 1. The maximum absolute atomic E-state index is 5.99. The zero-order valence-corrected chi connectivity index (χ0v) is 11.3. The predicted octanol–water partition coefficient (Wildman–Crippen LogP) is 4.25. The topological polar surface area (TPSA) is 9.23 Å². The Hall–Kier alpha value is -0.723. The van der Waals surface area contributed by atoms with Crippen molar-refractivity contribution in [3.8, 4) is 0 Å². The van der Waals surface area contributed by atoms with Crippen molar-refractivity contribution in [2.45, 2.75) is 45.8 Å². The molecule has 14 heavy (non-hydrogen) atoms. The van der Waals surface area contributed by atoms with Gasteiger partial charge in [0.15, 0.2) is 0 Å². The fraction of sp³-hybridized carbons (Fsp3) is 0.583. The predicted molar refractivity (Wildman–Crippen MR) is 65.7 cm³/mol. The van der Waals surface area contributed by atoms with Gasteiger partial charge in [-0.25, -0.2) is 0 Å². The first-order valence-electron chi connectivity index (χ1n) is 4.97. The lowest BCUT2D eigenvalue weighted by molar-refractivity contribution is 0.401. The Bertz CT molecular complexity index is 263. The van der Waals surface area contributed by atoms with Crippen molar-refractivity contribution in [2.24, 2.45) is 0 Å². The Morgan fingerprint density at radius 2 is 1.86 bits per heavy atom. The summed E-state index contributed by atoms with van der Waals surface area (Å²) in [5, 5.41) is 0.219. The molecule has 2 heteroatoms. The molecule has 0 spiro atoms. The molecular weight excluding hydrogens is 188 g/mol. The Morgan fingerprint density at radius 1 is 1.36 bits per heavy atom. The lowest BCUT2D eigenvalue weighted by atomic mass is 10.2. The molecule has 80 valence electrons. The van der Waals surface area contributed by atoms with Crippen molar-refractivity contribution in [1.29, 1.82) is 0 Å². The van der Waals surface area contributed by atoms with Crippen LogP contribution in [0.3, 0.4) is 0 Å². The SMILES string of the molecule is C=CC(=C=CC)O[Si](C)(C)C(C)(C)C. The molecule has 0 rings (SSSR count). The Morgan fingerprint density at radius 3 is 2.14 bits per heavy atom. The molecule has 0 aromatic rings. The van der Waals surface area contributed by atoms with E-state index in [-0.39, 0.29) is 5.04 Å². The second-order valence-corrected chi connectivity index (χ2v) is 9.59. The fourth-order valence-corrected chi connectivity index (χ4v) is 1.70. The first-order valence-corrected chi connectivity index (χ1v) is 7.88. The van der Waals surface area contributed by atoms with Crippen LogP contribution in [0.15, 0.2) is 30.2 Å². The van der Waals surface area contributed by atoms with Gasteiger partial charge in [0.1, 0.15) is 5.76 Å². The summed E-state index contributed by atoms with van der Waals surface area (Å²) in [7, 11) is -1.72. The summed E-state index contributed by atoms with van der Waals surface area (Å²) in [5.74, 6) is 0.763. The van der Waals surface area contributed by atoms with Crippen LogP contribution in [0.1, 0.15) is 27.7 Å². The first kappa shape index (κ1) is 13.3. The molecule has 0 aromatic heterocycles. The minimum atomic E-state index is -1.72. The molecule has 0 heterocycles. The van der Waals surface area contributed by atoms with E-state index >= 15 is 0 Å². The van der Waals surface area contributed by atoms with Crippen LogP contribution in [-0.2, 0) is 4.43 Å². The van der Waals surface area contributed by atoms with E-state index in [4.69, 9.17) is 4.43 Å². The molecule has 0 saturated heterocycles. The quantitative estimate of drug-likeness (QED) is 0.293. The van der Waals surface area contributed by atoms with Crippen molar-refractivity contribution in [2.75, 3.05) is 0 Å². The Kier molecular flexibility index (Phi) is 4.43. The molecule has 0 unspecified atom stereocenters. The van der Waals surface area contributed by atoms with Crippen LogP contribution in [0.4, 0.5) is 0 Å². The Labute approximate surface area is 89.3 Å². The number of rotatable bonds is 3. The van der Waals surface area contributed by atoms with Gasteiger partial charge in [0, 0.05) is 0 Å². The van der Waals surface area contributed by atoms with Gasteiger partial charge >= 0.3 is 0 Å². The van der Waals surface area contributed by atoms with E-state index in [1.807, 2.05) is 13.0 Å². The van der Waals surface area contributed by atoms with Gasteiger partial charge < -0.3 is 4.43 Å². The van der Waals surface area contributed by atoms with E-state index in [2.05, 4.69) is 46.2 Å². The molecule has 0 aliphatic carbocycles. The van der Waals surface area contributed by atoms with E-state index in [9.17, 15) is 0 Å². The molecule has 0 radical (unpaired) electrons. The third-order valence-electron chi connectivity index (χ3n) is 2.64. The van der Waals surface area contributed by atoms with Crippen molar-refractivity contribution >= 4 is 8.32 Å². The monoisotopic (exact) mass is 210 g/mol. The highest BCUT2D eigenvalue weighted by molar-refractivity contribution is 6.74. The highest BCUT2D eigenvalue weighted by atomic mass is 28.4. The van der Waals surface area contributed by atoms with Gasteiger partial charge in [-0.1, -0.05) is 33.1 Å². The van der Waals surface area contributed by atoms with Gasteiger partial charge in [0.05, 0.1) is 0 Å². The normalized spacial score (nSPS) is 11.6. The van der Waals surface area contributed by atoms with Crippen molar-refractivity contribution < 1.29 is 4.43 Å². The van der Waals surface area contributed by atoms with Crippen molar-refractivity contribution in [3.05, 3.63) is 30.2 Å². The number of hydrogen-bond donors (Lipinski definition) is 0. The molecular formula is C12H22OSi. The zero-order valence-electron chi connectivity index (χ0n) is 10.3. The highest BCUT2D eigenvalue weighted by Crippen LogP contribution is 2.37. The van der Waals surface area contributed by atoms with Gasteiger partial charge in [0.25, 0.3) is 8.32 Å². The lowest BCUT2D eigenvalue weighted by Gasteiger charge is -2.36. The van der Waals surface area contributed by atoms with E-state index < -0.39 is 8.32 Å². The standard InChI is InChI=1S/C12H22OSi/c1-8-10-11(9-2)13-14(6,7)12(3,4)5/h8-9H,2H2,1,3-7H3. The second-order valence-electron chi connectivity index (χ2n) is 4.86. The van der Waals surface area contributed by atoms with Gasteiger partial charge in [-0.15, -0.1) is 0 Å². The van der Waals surface area contributed by atoms with Crippen LogP contribution < -0.4 is 0 Å². The minimum absolute atomic E-state index is 0.219. The van der Waals surface area contributed by atoms with Gasteiger partial charge in [-0.05, 0) is 37.2 Å². The maximum atomic E-state index is 5.99. The van der Waals surface area contributed by atoms with Crippen LogP contribution in [0, 0.1) is 0 Å². The molecule has 0 aromatic carbocycles. The van der Waals surface area contributed by atoms with Crippen molar-refractivity contribution in [3.63, 3.8) is 0 Å². The third kappa shape index (κ3) is 3.57. The third-order valence-corrected chi connectivity index (χ3v) is 6.99.